The van der Waals surface area contributed by atoms with E-state index < -0.39 is 0 Å². The number of morpholine rings is 1. The third-order valence-electron chi connectivity index (χ3n) is 4.10. The second kappa shape index (κ2) is 9.30. The van der Waals surface area contributed by atoms with E-state index in [-0.39, 0.29) is 30.8 Å². The Morgan fingerprint density at radius 1 is 1.26 bits per heavy atom. The highest BCUT2D eigenvalue weighted by atomic mass is 16.5. The Kier molecular flexibility index (Phi) is 7.07. The number of esters is 1. The van der Waals surface area contributed by atoms with Gasteiger partial charge in [0.1, 0.15) is 0 Å². The predicted molar refractivity (Wildman–Crippen MR) is 87.0 cm³/mol. The number of amides is 1. The number of aryl methyl sites for hydroxylation is 1. The van der Waals surface area contributed by atoms with Gasteiger partial charge < -0.3 is 14.4 Å². The summed E-state index contributed by atoms with van der Waals surface area (Å²) in [6, 6.07) is 10.4. The maximum atomic E-state index is 12.1. The first-order valence-electron chi connectivity index (χ1n) is 8.19. The van der Waals surface area contributed by atoms with Gasteiger partial charge in [-0.05, 0) is 24.8 Å². The molecule has 1 aromatic carbocycles. The number of ether oxygens (including phenoxy) is 2. The lowest BCUT2D eigenvalue weighted by molar-refractivity contribution is -0.146. The van der Waals surface area contributed by atoms with Gasteiger partial charge in [-0.1, -0.05) is 30.3 Å². The van der Waals surface area contributed by atoms with Gasteiger partial charge >= 0.3 is 5.97 Å². The lowest BCUT2D eigenvalue weighted by Crippen LogP contribution is -2.45. The Morgan fingerprint density at radius 2 is 2.04 bits per heavy atom. The van der Waals surface area contributed by atoms with Gasteiger partial charge in [-0.2, -0.15) is 0 Å². The fourth-order valence-corrected chi connectivity index (χ4v) is 2.77. The molecule has 1 heterocycles. The number of methoxy groups -OCH3 is 1. The second-order valence-electron chi connectivity index (χ2n) is 5.79. The summed E-state index contributed by atoms with van der Waals surface area (Å²) in [6.45, 7) is 1.80. The Morgan fingerprint density at radius 3 is 2.78 bits per heavy atom. The smallest absolute Gasteiger partial charge is 0.306 e. The molecular formula is C18H25NO4. The first kappa shape index (κ1) is 17.5. The van der Waals surface area contributed by atoms with Gasteiger partial charge in [0.05, 0.1) is 26.2 Å². The Labute approximate surface area is 137 Å². The number of rotatable bonds is 7. The van der Waals surface area contributed by atoms with E-state index in [0.717, 1.165) is 19.3 Å². The van der Waals surface area contributed by atoms with E-state index in [1.165, 1.54) is 12.7 Å². The number of hydrogen-bond donors (Lipinski definition) is 0. The minimum atomic E-state index is -0.342. The Bertz CT molecular complexity index is 503. The van der Waals surface area contributed by atoms with Crippen molar-refractivity contribution in [2.75, 3.05) is 26.8 Å². The van der Waals surface area contributed by atoms with Crippen LogP contribution in [0.15, 0.2) is 30.3 Å². The van der Waals surface area contributed by atoms with Crippen LogP contribution in [-0.4, -0.2) is 49.7 Å². The number of hydrogen-bond acceptors (Lipinski definition) is 4. The molecule has 0 spiro atoms. The molecule has 1 aliphatic heterocycles. The number of carbonyl (C=O) groups is 2. The van der Waals surface area contributed by atoms with Crippen LogP contribution in [-0.2, 0) is 25.5 Å². The zero-order valence-corrected chi connectivity index (χ0v) is 13.7. The van der Waals surface area contributed by atoms with Crippen LogP contribution in [0.25, 0.3) is 0 Å². The van der Waals surface area contributed by atoms with Crippen LogP contribution in [0.2, 0.25) is 0 Å². The molecule has 1 amide bonds. The first-order chi connectivity index (χ1) is 11.2. The SMILES string of the molecule is COC(=O)CCC(=O)N1CCOC(CCCc2ccccc2)C1. The minimum absolute atomic E-state index is 0.00626. The van der Waals surface area contributed by atoms with Crippen molar-refractivity contribution < 1.29 is 19.1 Å². The van der Waals surface area contributed by atoms with Crippen LogP contribution in [0, 0.1) is 0 Å². The highest BCUT2D eigenvalue weighted by molar-refractivity contribution is 5.81. The van der Waals surface area contributed by atoms with Gasteiger partial charge in [0.2, 0.25) is 5.91 Å². The molecule has 5 heteroatoms. The summed E-state index contributed by atoms with van der Waals surface area (Å²) in [6.07, 6.45) is 3.45. The van der Waals surface area contributed by atoms with E-state index in [4.69, 9.17) is 4.74 Å². The normalized spacial score (nSPS) is 17.8. The Hall–Kier alpha value is -1.88. The zero-order valence-electron chi connectivity index (χ0n) is 13.7. The average Bonchev–Trinajstić information content (AvgIpc) is 2.60. The summed E-state index contributed by atoms with van der Waals surface area (Å²) >= 11 is 0. The molecule has 126 valence electrons. The van der Waals surface area contributed by atoms with E-state index in [2.05, 4.69) is 16.9 Å². The molecule has 1 aliphatic rings. The van der Waals surface area contributed by atoms with E-state index in [0.29, 0.717) is 19.7 Å². The number of nitrogens with zero attached hydrogens (tertiary/aromatic N) is 1. The van der Waals surface area contributed by atoms with E-state index in [1.54, 1.807) is 4.90 Å². The van der Waals surface area contributed by atoms with Crippen LogP contribution in [0.5, 0.6) is 0 Å². The molecule has 0 aromatic heterocycles. The standard InChI is InChI=1S/C18H25NO4/c1-22-18(21)11-10-17(20)19-12-13-23-16(14-19)9-5-8-15-6-3-2-4-7-15/h2-4,6-7,16H,5,8-14H2,1H3. The molecule has 0 saturated carbocycles. The molecule has 2 rings (SSSR count). The minimum Gasteiger partial charge on any atom is -0.469 e. The molecule has 1 fully saturated rings. The topological polar surface area (TPSA) is 55.8 Å². The molecule has 1 atom stereocenters. The molecule has 1 saturated heterocycles. The summed E-state index contributed by atoms with van der Waals surface area (Å²) < 4.78 is 10.3. The van der Waals surface area contributed by atoms with Crippen molar-refractivity contribution in [1.29, 1.82) is 0 Å². The molecule has 1 aromatic rings. The van der Waals surface area contributed by atoms with Gasteiger partial charge in [-0.25, -0.2) is 0 Å². The highest BCUT2D eigenvalue weighted by Crippen LogP contribution is 2.14. The average molecular weight is 319 g/mol. The van der Waals surface area contributed by atoms with E-state index in [1.807, 2.05) is 18.2 Å². The van der Waals surface area contributed by atoms with Crippen LogP contribution in [0.1, 0.15) is 31.2 Å². The van der Waals surface area contributed by atoms with Crippen LogP contribution in [0.4, 0.5) is 0 Å². The van der Waals surface area contributed by atoms with Gasteiger partial charge in [-0.15, -0.1) is 0 Å². The molecular weight excluding hydrogens is 294 g/mol. The van der Waals surface area contributed by atoms with Crippen molar-refractivity contribution in [2.45, 2.75) is 38.2 Å². The molecule has 5 nitrogen and oxygen atoms in total. The molecule has 0 radical (unpaired) electrons. The monoisotopic (exact) mass is 319 g/mol. The third kappa shape index (κ3) is 6.02. The largest absolute Gasteiger partial charge is 0.469 e. The Balaban J connectivity index is 1.70. The lowest BCUT2D eigenvalue weighted by Gasteiger charge is -2.33. The number of carbonyl (C=O) groups excluding carboxylic acids is 2. The van der Waals surface area contributed by atoms with E-state index in [9.17, 15) is 9.59 Å². The first-order valence-corrected chi connectivity index (χ1v) is 8.19. The summed E-state index contributed by atoms with van der Waals surface area (Å²) in [5.74, 6) is -0.335. The summed E-state index contributed by atoms with van der Waals surface area (Å²) in [5.41, 5.74) is 1.33. The van der Waals surface area contributed by atoms with E-state index >= 15 is 0 Å². The highest BCUT2D eigenvalue weighted by Gasteiger charge is 2.24. The van der Waals surface area contributed by atoms with Crippen molar-refractivity contribution in [1.82, 2.24) is 4.90 Å². The third-order valence-corrected chi connectivity index (χ3v) is 4.10. The van der Waals surface area contributed by atoms with Crippen LogP contribution >= 0.6 is 0 Å². The maximum Gasteiger partial charge on any atom is 0.306 e. The second-order valence-corrected chi connectivity index (χ2v) is 5.79. The van der Waals surface area contributed by atoms with Crippen molar-refractivity contribution in [3.63, 3.8) is 0 Å². The van der Waals surface area contributed by atoms with Crippen molar-refractivity contribution in [3.8, 4) is 0 Å². The fourth-order valence-electron chi connectivity index (χ4n) is 2.77. The van der Waals surface area contributed by atoms with Gasteiger partial charge in [0.15, 0.2) is 0 Å². The summed E-state index contributed by atoms with van der Waals surface area (Å²) in [7, 11) is 1.34. The zero-order chi connectivity index (χ0) is 16.5. The summed E-state index contributed by atoms with van der Waals surface area (Å²) in [4.78, 5) is 25.0. The molecule has 23 heavy (non-hydrogen) atoms. The van der Waals surface area contributed by atoms with Crippen molar-refractivity contribution >= 4 is 11.9 Å². The predicted octanol–water partition coefficient (Wildman–Crippen LogP) is 2.19. The fraction of sp³-hybridized carbons (Fsp3) is 0.556. The van der Waals surface area contributed by atoms with Gasteiger partial charge in [0, 0.05) is 19.5 Å². The van der Waals surface area contributed by atoms with Gasteiger partial charge in [-0.3, -0.25) is 9.59 Å². The van der Waals surface area contributed by atoms with Crippen LogP contribution < -0.4 is 0 Å². The van der Waals surface area contributed by atoms with Crippen molar-refractivity contribution in [3.05, 3.63) is 35.9 Å². The molecule has 0 aliphatic carbocycles. The maximum absolute atomic E-state index is 12.1. The van der Waals surface area contributed by atoms with Gasteiger partial charge in [0.25, 0.3) is 0 Å². The quantitative estimate of drug-likeness (QED) is 0.723. The molecule has 0 N–H and O–H groups in total. The molecule has 0 bridgehead atoms. The van der Waals surface area contributed by atoms with Crippen molar-refractivity contribution in [2.24, 2.45) is 0 Å². The number of benzene rings is 1. The molecule has 1 unspecified atom stereocenters. The lowest BCUT2D eigenvalue weighted by atomic mass is 10.0. The van der Waals surface area contributed by atoms with Crippen LogP contribution in [0.3, 0.4) is 0 Å². The summed E-state index contributed by atoms with van der Waals surface area (Å²) in [5, 5.41) is 0.